The van der Waals surface area contributed by atoms with E-state index in [1.54, 1.807) is 24.3 Å². The highest BCUT2D eigenvalue weighted by atomic mass is 19.1. The Bertz CT molecular complexity index is 972. The van der Waals surface area contributed by atoms with Crippen molar-refractivity contribution in [3.8, 4) is 5.75 Å². The monoisotopic (exact) mass is 386 g/mol. The summed E-state index contributed by atoms with van der Waals surface area (Å²) in [6, 6.07) is 11.7. The number of nitrogen functional groups attached to an aromatic ring is 1. The largest absolute Gasteiger partial charge is 0.484 e. The molecule has 2 aromatic carbocycles. The Morgan fingerprint density at radius 2 is 1.82 bits per heavy atom. The van der Waals surface area contributed by atoms with E-state index < -0.39 is 17.5 Å². The number of rotatable bonds is 7. The number of halogens is 2. The standard InChI is InChI=1S/C18H16F2N6O2/c19-11-6-7-13(20)14(8-11)24-17-16(21)18(23-10-22-17)26-25-15(27)9-28-12-4-2-1-3-5-12/h1-8,10H,9,21H2,(H,25,27)(H2,22,23,24,26). The zero-order chi connectivity index (χ0) is 19.9. The molecule has 3 aromatic rings. The minimum atomic E-state index is -0.680. The van der Waals surface area contributed by atoms with Crippen molar-refractivity contribution in [1.29, 1.82) is 0 Å². The average Bonchev–Trinajstić information content (AvgIpc) is 2.70. The lowest BCUT2D eigenvalue weighted by Gasteiger charge is -2.13. The second kappa shape index (κ2) is 8.62. The van der Waals surface area contributed by atoms with Crippen LogP contribution in [0.5, 0.6) is 5.75 Å². The molecule has 0 bridgehead atoms. The van der Waals surface area contributed by atoms with Crippen LogP contribution in [0.25, 0.3) is 0 Å². The van der Waals surface area contributed by atoms with Crippen molar-refractivity contribution in [2.24, 2.45) is 0 Å². The van der Waals surface area contributed by atoms with E-state index in [1.165, 1.54) is 0 Å². The lowest BCUT2D eigenvalue weighted by atomic mass is 10.3. The number of carbonyl (C=O) groups is 1. The molecule has 0 saturated heterocycles. The number of nitrogens with zero attached hydrogens (tertiary/aromatic N) is 2. The van der Waals surface area contributed by atoms with Crippen molar-refractivity contribution >= 4 is 28.9 Å². The molecule has 0 aliphatic carbocycles. The fraction of sp³-hybridized carbons (Fsp3) is 0.0556. The molecule has 1 aromatic heterocycles. The van der Waals surface area contributed by atoms with Crippen molar-refractivity contribution in [3.63, 3.8) is 0 Å². The highest BCUT2D eigenvalue weighted by molar-refractivity contribution is 5.82. The third-order valence-corrected chi connectivity index (χ3v) is 3.50. The Balaban J connectivity index is 1.61. The van der Waals surface area contributed by atoms with E-state index in [-0.39, 0.29) is 29.6 Å². The number of hydrazine groups is 1. The van der Waals surface area contributed by atoms with Crippen LogP contribution in [0.4, 0.5) is 31.8 Å². The number of nitrogens with two attached hydrogens (primary N) is 1. The van der Waals surface area contributed by atoms with Gasteiger partial charge in [-0.25, -0.2) is 18.7 Å². The zero-order valence-corrected chi connectivity index (χ0v) is 14.4. The highest BCUT2D eigenvalue weighted by Crippen LogP contribution is 2.27. The quantitative estimate of drug-likeness (QED) is 0.462. The van der Waals surface area contributed by atoms with E-state index in [1.807, 2.05) is 6.07 Å². The van der Waals surface area contributed by atoms with Gasteiger partial charge in [0.1, 0.15) is 29.4 Å². The molecule has 0 unspecified atom stereocenters. The second-order valence-electron chi connectivity index (χ2n) is 5.51. The van der Waals surface area contributed by atoms with Crippen molar-refractivity contribution in [2.75, 3.05) is 23.1 Å². The number of benzene rings is 2. The van der Waals surface area contributed by atoms with E-state index in [0.29, 0.717) is 5.75 Å². The lowest BCUT2D eigenvalue weighted by molar-refractivity contribution is -0.122. The molecule has 144 valence electrons. The van der Waals surface area contributed by atoms with Gasteiger partial charge in [0.05, 0.1) is 5.69 Å². The second-order valence-corrected chi connectivity index (χ2v) is 5.51. The number of aromatic nitrogens is 2. The SMILES string of the molecule is Nc1c(NNC(=O)COc2ccccc2)ncnc1Nc1cc(F)ccc1F. The molecule has 0 spiro atoms. The highest BCUT2D eigenvalue weighted by Gasteiger charge is 2.12. The van der Waals surface area contributed by atoms with Crippen LogP contribution in [0.1, 0.15) is 0 Å². The Labute approximate surface area is 158 Å². The van der Waals surface area contributed by atoms with Crippen LogP contribution >= 0.6 is 0 Å². The lowest BCUT2D eigenvalue weighted by Crippen LogP contribution is -2.34. The molecule has 0 aliphatic heterocycles. The summed E-state index contributed by atoms with van der Waals surface area (Å²) >= 11 is 0. The number of anilines is 4. The number of nitrogens with one attached hydrogen (secondary N) is 3. The van der Waals surface area contributed by atoms with E-state index in [9.17, 15) is 13.6 Å². The van der Waals surface area contributed by atoms with Crippen LogP contribution in [-0.4, -0.2) is 22.5 Å². The number of ether oxygens (including phenoxy) is 1. The van der Waals surface area contributed by atoms with E-state index >= 15 is 0 Å². The van der Waals surface area contributed by atoms with Crippen molar-refractivity contribution in [2.45, 2.75) is 0 Å². The van der Waals surface area contributed by atoms with Crippen LogP contribution in [0.3, 0.4) is 0 Å². The molecule has 3 rings (SSSR count). The first-order valence-corrected chi connectivity index (χ1v) is 8.08. The summed E-state index contributed by atoms with van der Waals surface area (Å²) in [5.74, 6) is -1.13. The number of hydrogen-bond donors (Lipinski definition) is 4. The van der Waals surface area contributed by atoms with Crippen molar-refractivity contribution in [1.82, 2.24) is 15.4 Å². The molecular formula is C18H16F2N6O2. The van der Waals surface area contributed by atoms with Crippen molar-refractivity contribution < 1.29 is 18.3 Å². The summed E-state index contributed by atoms with van der Waals surface area (Å²) in [7, 11) is 0. The van der Waals surface area contributed by atoms with Gasteiger partial charge in [-0.2, -0.15) is 0 Å². The first kappa shape index (κ1) is 18.8. The van der Waals surface area contributed by atoms with Crippen LogP contribution < -0.4 is 26.6 Å². The molecule has 0 atom stereocenters. The van der Waals surface area contributed by atoms with Gasteiger partial charge in [-0.15, -0.1) is 0 Å². The molecule has 10 heteroatoms. The van der Waals surface area contributed by atoms with E-state index in [0.717, 1.165) is 24.5 Å². The predicted molar refractivity (Wildman–Crippen MR) is 99.8 cm³/mol. The Morgan fingerprint density at radius 3 is 2.61 bits per heavy atom. The number of para-hydroxylation sites is 1. The first-order valence-electron chi connectivity index (χ1n) is 8.08. The summed E-state index contributed by atoms with van der Waals surface area (Å²) < 4.78 is 32.4. The minimum Gasteiger partial charge on any atom is -0.484 e. The zero-order valence-electron chi connectivity index (χ0n) is 14.4. The maximum Gasteiger partial charge on any atom is 0.276 e. The van der Waals surface area contributed by atoms with E-state index in [2.05, 4.69) is 26.1 Å². The van der Waals surface area contributed by atoms with Crippen LogP contribution in [0.2, 0.25) is 0 Å². The molecular weight excluding hydrogens is 370 g/mol. The van der Waals surface area contributed by atoms with Gasteiger partial charge in [0.15, 0.2) is 18.2 Å². The molecule has 0 saturated carbocycles. The van der Waals surface area contributed by atoms with Crippen LogP contribution in [0, 0.1) is 11.6 Å². The molecule has 0 radical (unpaired) electrons. The normalized spacial score (nSPS) is 10.2. The van der Waals surface area contributed by atoms with Crippen LogP contribution in [-0.2, 0) is 4.79 Å². The Morgan fingerprint density at radius 1 is 1.07 bits per heavy atom. The van der Waals surface area contributed by atoms with Gasteiger partial charge in [-0.1, -0.05) is 18.2 Å². The smallest absolute Gasteiger partial charge is 0.276 e. The molecule has 0 fully saturated rings. The third kappa shape index (κ3) is 4.81. The Kier molecular flexibility index (Phi) is 5.80. The number of carbonyl (C=O) groups excluding carboxylic acids is 1. The summed E-state index contributed by atoms with van der Waals surface area (Å²) in [6.07, 6.45) is 1.14. The summed E-state index contributed by atoms with van der Waals surface area (Å²) in [5, 5.41) is 2.59. The van der Waals surface area contributed by atoms with Gasteiger partial charge in [-0.3, -0.25) is 15.6 Å². The molecule has 0 aliphatic rings. The first-order chi connectivity index (χ1) is 13.5. The maximum atomic E-state index is 13.8. The molecule has 8 nitrogen and oxygen atoms in total. The van der Waals surface area contributed by atoms with E-state index in [4.69, 9.17) is 10.5 Å². The molecule has 28 heavy (non-hydrogen) atoms. The van der Waals surface area contributed by atoms with Gasteiger partial charge in [0, 0.05) is 6.07 Å². The number of amides is 1. The Hall–Kier alpha value is -3.95. The summed E-state index contributed by atoms with van der Waals surface area (Å²) in [5.41, 5.74) is 10.7. The van der Waals surface area contributed by atoms with Gasteiger partial charge in [0.25, 0.3) is 5.91 Å². The summed E-state index contributed by atoms with van der Waals surface area (Å²) in [6.45, 7) is -0.235. The predicted octanol–water partition coefficient (Wildman–Crippen LogP) is 2.60. The number of hydrogen-bond acceptors (Lipinski definition) is 7. The minimum absolute atomic E-state index is 0.00422. The summed E-state index contributed by atoms with van der Waals surface area (Å²) in [4.78, 5) is 19.7. The average molecular weight is 386 g/mol. The fourth-order valence-electron chi connectivity index (χ4n) is 2.15. The third-order valence-electron chi connectivity index (χ3n) is 3.50. The topological polar surface area (TPSA) is 114 Å². The van der Waals surface area contributed by atoms with Gasteiger partial charge in [0.2, 0.25) is 0 Å². The van der Waals surface area contributed by atoms with Crippen LogP contribution in [0.15, 0.2) is 54.9 Å². The van der Waals surface area contributed by atoms with Gasteiger partial charge < -0.3 is 15.8 Å². The molecule has 5 N–H and O–H groups in total. The molecule has 1 amide bonds. The maximum absolute atomic E-state index is 13.8. The van der Waals surface area contributed by atoms with Gasteiger partial charge in [-0.05, 0) is 24.3 Å². The van der Waals surface area contributed by atoms with Crippen molar-refractivity contribution in [3.05, 3.63) is 66.5 Å². The molecule has 1 heterocycles. The van der Waals surface area contributed by atoms with Gasteiger partial charge >= 0.3 is 0 Å². The fourth-order valence-corrected chi connectivity index (χ4v) is 2.15.